The summed E-state index contributed by atoms with van der Waals surface area (Å²) < 4.78 is 119. The minimum atomic E-state index is -5.97. The molecule has 5 aromatic carbocycles. The average Bonchev–Trinajstić information content (AvgIpc) is 4.01. The van der Waals surface area contributed by atoms with Gasteiger partial charge >= 0.3 is 19.0 Å². The Bertz CT molecular complexity index is 3270. The third-order valence-electron chi connectivity index (χ3n) is 14.6. The number of piperazine rings is 1. The number of nitrogens with zero attached hydrogens (tertiary/aromatic N) is 5. The first-order valence-corrected chi connectivity index (χ1v) is 31.0. The molecule has 4 heterocycles. The highest BCUT2D eigenvalue weighted by Crippen LogP contribution is 2.56. The predicted octanol–water partition coefficient (Wildman–Crippen LogP) is 11.7. The Labute approximate surface area is 459 Å². The molecule has 3 saturated heterocycles. The molecular weight excluding hydrogens is 1090 g/mol. The van der Waals surface area contributed by atoms with Crippen molar-refractivity contribution < 1.29 is 49.3 Å². The molecule has 14 nitrogen and oxygen atoms in total. The zero-order chi connectivity index (χ0) is 54.8. The second kappa shape index (κ2) is 23.6. The fraction of sp³-hybridized carbons (Fsp3) is 0.364. The van der Waals surface area contributed by atoms with E-state index in [0.29, 0.717) is 97.7 Å². The number of alkyl halides is 3. The highest BCUT2D eigenvalue weighted by atomic mass is 35.5. The lowest BCUT2D eigenvalue weighted by Gasteiger charge is -2.37. The Balaban J connectivity index is 0.920. The summed E-state index contributed by atoms with van der Waals surface area (Å²) in [4.78, 5) is 18.4. The highest BCUT2D eigenvalue weighted by Gasteiger charge is 2.49. The maximum atomic E-state index is 15.0. The Hall–Kier alpha value is -5.31. The third-order valence-corrected chi connectivity index (χ3v) is 20.9. The lowest BCUT2D eigenvalue weighted by atomic mass is 9.97. The maximum absolute atomic E-state index is 15.0. The van der Waals surface area contributed by atoms with Crippen molar-refractivity contribution in [2.24, 2.45) is 5.92 Å². The number of piperidine rings is 1. The molecule has 0 spiro atoms. The van der Waals surface area contributed by atoms with Gasteiger partial charge in [0, 0.05) is 88.8 Å². The van der Waals surface area contributed by atoms with Crippen molar-refractivity contribution in [1.29, 1.82) is 0 Å². The van der Waals surface area contributed by atoms with Crippen LogP contribution in [0, 0.1) is 12.8 Å². The van der Waals surface area contributed by atoms with Crippen molar-refractivity contribution in [3.63, 3.8) is 0 Å². The first-order valence-electron chi connectivity index (χ1n) is 25.4. The largest absolute Gasteiger partial charge is 0.501 e. The summed E-state index contributed by atoms with van der Waals surface area (Å²) in [6, 6.07) is 35.1. The van der Waals surface area contributed by atoms with Crippen molar-refractivity contribution in [3.8, 4) is 22.4 Å². The van der Waals surface area contributed by atoms with Crippen LogP contribution < -0.4 is 25.1 Å². The minimum absolute atomic E-state index is 0.00713. The summed E-state index contributed by atoms with van der Waals surface area (Å²) >= 11 is 5.47. The molecule has 0 saturated carbocycles. The number of aliphatic carboxylic acids is 1. The smallest absolute Gasteiger partial charge is 0.481 e. The molecule has 410 valence electrons. The Kier molecular flexibility index (Phi) is 17.3. The molecule has 77 heavy (non-hydrogen) atoms. The van der Waals surface area contributed by atoms with E-state index in [-0.39, 0.29) is 30.2 Å². The molecule has 9 rings (SSSR count). The van der Waals surface area contributed by atoms with Gasteiger partial charge in [-0.3, -0.25) is 14.0 Å². The van der Waals surface area contributed by atoms with Gasteiger partial charge in [-0.1, -0.05) is 54.1 Å². The van der Waals surface area contributed by atoms with Gasteiger partial charge in [0.05, 0.1) is 40.7 Å². The van der Waals surface area contributed by atoms with Crippen LogP contribution in [0.4, 0.5) is 35.9 Å². The van der Waals surface area contributed by atoms with Gasteiger partial charge in [0.15, 0.2) is 11.1 Å². The molecule has 1 unspecified atom stereocenters. The molecule has 1 aromatic heterocycles. The van der Waals surface area contributed by atoms with E-state index >= 15 is 0 Å². The number of rotatable bonds is 18. The second-order valence-electron chi connectivity index (χ2n) is 19.7. The van der Waals surface area contributed by atoms with Gasteiger partial charge in [-0.2, -0.15) is 13.2 Å². The number of anilines is 4. The van der Waals surface area contributed by atoms with Gasteiger partial charge in [-0.25, -0.2) is 12.6 Å². The number of aromatic nitrogens is 1. The molecular formula is C55H61ClF3N6O8PS3. The minimum Gasteiger partial charge on any atom is -0.481 e. The zero-order valence-electron chi connectivity index (χ0n) is 42.7. The molecule has 0 bridgehead atoms. The van der Waals surface area contributed by atoms with E-state index in [1.807, 2.05) is 106 Å². The molecule has 3 N–H and O–H groups in total. The summed E-state index contributed by atoms with van der Waals surface area (Å²) in [5, 5.41) is 13.0. The number of nitrogens with one attached hydrogen (secondary N) is 1. The van der Waals surface area contributed by atoms with Crippen LogP contribution in [-0.4, -0.2) is 114 Å². The number of carbonyl (C=O) groups is 1. The van der Waals surface area contributed by atoms with Crippen molar-refractivity contribution in [1.82, 2.24) is 9.47 Å². The van der Waals surface area contributed by atoms with Crippen LogP contribution in [-0.2, 0) is 34.8 Å². The van der Waals surface area contributed by atoms with Crippen LogP contribution in [0.2, 0.25) is 5.02 Å². The Morgan fingerprint density at radius 1 is 0.844 bits per heavy atom. The molecule has 22 heteroatoms. The van der Waals surface area contributed by atoms with E-state index in [9.17, 15) is 44.8 Å². The summed E-state index contributed by atoms with van der Waals surface area (Å²) in [7, 11) is -10.1. The number of hydrogen-bond donors (Lipinski definition) is 3. The SMILES string of the molecule is Cc1c(S(=O)O)c(-c2cccc(N3CCN(c4ccc(N5CCO[P@]5(=O)c5ccc(N[C@H](CCN6CCC(C(=O)O)CC6)CSc6ccccc6)c(S(=O)(=O)C(F)(F)F)c5)cc4)CC3)c2)c(-c2ccc(Cl)cc2)n1C(C)C. The summed E-state index contributed by atoms with van der Waals surface area (Å²) in [6.45, 7) is 10.3. The number of carboxylic acid groups (broad SMARTS) is 1. The number of likely N-dealkylation sites (tertiary alicyclic amines) is 1. The Morgan fingerprint density at radius 3 is 2.12 bits per heavy atom. The zero-order valence-corrected chi connectivity index (χ0v) is 46.8. The normalized spacial score (nSPS) is 18.7. The molecule has 6 aromatic rings. The summed E-state index contributed by atoms with van der Waals surface area (Å²) in [5.41, 5.74) is 0.288. The molecule has 0 amide bonds. The molecule has 3 atom stereocenters. The molecule has 3 aliphatic rings. The first kappa shape index (κ1) is 56.4. The first-order chi connectivity index (χ1) is 36.7. The quantitative estimate of drug-likeness (QED) is 0.0423. The molecule has 3 fully saturated rings. The van der Waals surface area contributed by atoms with Crippen LogP contribution in [0.1, 0.15) is 44.8 Å². The van der Waals surface area contributed by atoms with Crippen LogP contribution >= 0.6 is 30.9 Å². The van der Waals surface area contributed by atoms with E-state index in [4.69, 9.17) is 16.1 Å². The van der Waals surface area contributed by atoms with Gasteiger partial charge in [0.2, 0.25) is 0 Å². The standard InChI is InChI=1S/C55H61ClF3N6O8PS3/c1-37(2)65-38(3)53(76(69)70)51(52(65)39-12-14-42(56)15-13-39)41-8-7-9-46(34-41)63-30-28-62(29-31-63)44-16-18-45(19-17-44)64-32-33-73-74(64,68)47-20-21-49(50(35-47)77(71,72)55(57,58)59)60-43(36-75-48-10-5-4-6-11-48)24-27-61-25-22-40(23-26-61)54(66)67/h4-21,34-35,37,40,43,60H,22-33,36H2,1-3H3,(H,66,67)(H,69,70)/t43-,74-/m1/s1. The Morgan fingerprint density at radius 2 is 1.49 bits per heavy atom. The van der Waals surface area contributed by atoms with E-state index in [1.165, 1.54) is 28.6 Å². The summed E-state index contributed by atoms with van der Waals surface area (Å²) in [5.74, 6) is -0.901. The molecule has 0 aliphatic carbocycles. The van der Waals surface area contributed by atoms with Crippen LogP contribution in [0.3, 0.4) is 0 Å². The van der Waals surface area contributed by atoms with Gasteiger partial charge in [-0.15, -0.1) is 11.8 Å². The fourth-order valence-corrected chi connectivity index (χ4v) is 15.7. The third kappa shape index (κ3) is 12.1. The van der Waals surface area contributed by atoms with E-state index in [1.54, 1.807) is 12.1 Å². The van der Waals surface area contributed by atoms with Crippen LogP contribution in [0.5, 0.6) is 0 Å². The van der Waals surface area contributed by atoms with E-state index in [0.717, 1.165) is 39.2 Å². The van der Waals surface area contributed by atoms with E-state index < -0.39 is 56.8 Å². The predicted molar refractivity (Wildman–Crippen MR) is 302 cm³/mol. The van der Waals surface area contributed by atoms with Gasteiger partial charge in [-0.05, 0) is 143 Å². The van der Waals surface area contributed by atoms with Crippen molar-refractivity contribution in [2.45, 2.75) is 72.3 Å². The lowest BCUT2D eigenvalue weighted by molar-refractivity contribution is -0.143. The van der Waals surface area contributed by atoms with Gasteiger partial charge in [0.25, 0.3) is 9.84 Å². The number of thioether (sulfide) groups is 1. The maximum Gasteiger partial charge on any atom is 0.501 e. The van der Waals surface area contributed by atoms with Crippen molar-refractivity contribution in [2.75, 3.05) is 84.5 Å². The fourth-order valence-electron chi connectivity index (χ4n) is 10.6. The van der Waals surface area contributed by atoms with Gasteiger partial charge in [0.1, 0.15) is 4.90 Å². The van der Waals surface area contributed by atoms with E-state index in [2.05, 4.69) is 30.6 Å². The highest BCUT2D eigenvalue weighted by molar-refractivity contribution is 7.99. The second-order valence-corrected chi connectivity index (χ2v) is 26.4. The van der Waals surface area contributed by atoms with Crippen LogP contribution in [0.25, 0.3) is 22.4 Å². The lowest BCUT2D eigenvalue weighted by Crippen LogP contribution is -2.46. The van der Waals surface area contributed by atoms with Crippen molar-refractivity contribution >= 4 is 85.8 Å². The number of halogens is 4. The number of benzene rings is 5. The number of carboxylic acids is 1. The number of sulfone groups is 1. The van der Waals surface area contributed by atoms with Crippen LogP contribution in [0.15, 0.2) is 136 Å². The summed E-state index contributed by atoms with van der Waals surface area (Å²) in [6.07, 6.45) is 1.37. The number of hydrogen-bond acceptors (Lipinski definition) is 11. The van der Waals surface area contributed by atoms with Crippen molar-refractivity contribution in [3.05, 3.63) is 132 Å². The monoisotopic (exact) mass is 1150 g/mol. The average molecular weight is 1150 g/mol. The topological polar surface area (TPSA) is 165 Å². The molecule has 0 radical (unpaired) electrons. The van der Waals surface area contributed by atoms with Gasteiger partial charge < -0.3 is 38.8 Å². The molecule has 3 aliphatic heterocycles.